The van der Waals surface area contributed by atoms with Gasteiger partial charge >= 0.3 is 5.97 Å². The van der Waals surface area contributed by atoms with Crippen LogP contribution in [0.5, 0.6) is 0 Å². The third-order valence-corrected chi connectivity index (χ3v) is 6.56. The molecule has 2 heterocycles. The second-order valence-electron chi connectivity index (χ2n) is 8.99. The van der Waals surface area contributed by atoms with E-state index >= 15 is 0 Å². The molecule has 0 aliphatic carbocycles. The summed E-state index contributed by atoms with van der Waals surface area (Å²) in [6.45, 7) is 16.3. The van der Waals surface area contributed by atoms with Crippen LogP contribution in [-0.4, -0.2) is 23.3 Å². The zero-order valence-electron chi connectivity index (χ0n) is 17.0. The predicted molar refractivity (Wildman–Crippen MR) is 102 cm³/mol. The Morgan fingerprint density at radius 1 is 1.36 bits per heavy atom. The first-order valence-corrected chi connectivity index (χ1v) is 9.69. The average Bonchev–Trinajstić information content (AvgIpc) is 2.97. The summed E-state index contributed by atoms with van der Waals surface area (Å²) in [6, 6.07) is 0. The number of hydrogen-bond acceptors (Lipinski definition) is 3. The molecule has 2 aliphatic rings. The van der Waals surface area contributed by atoms with Gasteiger partial charge in [-0.2, -0.15) is 0 Å². The van der Waals surface area contributed by atoms with Crippen LogP contribution in [-0.2, 0) is 14.3 Å². The van der Waals surface area contributed by atoms with Gasteiger partial charge in [-0.05, 0) is 83.6 Å². The number of carbonyl (C=O) groups is 1. The molecule has 0 spiro atoms. The second kappa shape index (κ2) is 7.26. The highest BCUT2D eigenvalue weighted by Crippen LogP contribution is 2.61. The van der Waals surface area contributed by atoms with Crippen molar-refractivity contribution in [2.45, 2.75) is 97.4 Å². The van der Waals surface area contributed by atoms with Gasteiger partial charge < -0.3 is 9.47 Å². The lowest BCUT2D eigenvalue weighted by Crippen LogP contribution is -2.43. The highest BCUT2D eigenvalue weighted by molar-refractivity contribution is 5.66. The first-order valence-electron chi connectivity index (χ1n) is 9.69. The van der Waals surface area contributed by atoms with Crippen molar-refractivity contribution in [1.82, 2.24) is 0 Å². The molecule has 3 heteroatoms. The van der Waals surface area contributed by atoms with E-state index in [9.17, 15) is 4.79 Å². The minimum atomic E-state index is -0.592. The molecule has 2 bridgehead atoms. The Kier molecular flexibility index (Phi) is 5.88. The predicted octanol–water partition coefficient (Wildman–Crippen LogP) is 5.59. The lowest BCUT2D eigenvalue weighted by Gasteiger charge is -2.43. The van der Waals surface area contributed by atoms with Gasteiger partial charge in [0.1, 0.15) is 5.60 Å². The maximum Gasteiger partial charge on any atom is 0.303 e. The molecule has 0 amide bonds. The molecule has 2 saturated heterocycles. The third kappa shape index (κ3) is 4.19. The molecule has 2 fully saturated rings. The van der Waals surface area contributed by atoms with Crippen molar-refractivity contribution in [2.75, 3.05) is 0 Å². The number of fused-ring (bicyclic) bond motifs is 2. The van der Waals surface area contributed by atoms with E-state index in [1.54, 1.807) is 6.08 Å². The monoisotopic (exact) mass is 348 g/mol. The number of esters is 1. The summed E-state index contributed by atoms with van der Waals surface area (Å²) in [4.78, 5) is 11.4. The maximum absolute atomic E-state index is 11.4. The number of hydrogen-bond donors (Lipinski definition) is 0. The van der Waals surface area contributed by atoms with E-state index in [2.05, 4.69) is 40.3 Å². The molecule has 25 heavy (non-hydrogen) atoms. The van der Waals surface area contributed by atoms with Crippen LogP contribution in [0, 0.1) is 11.3 Å². The van der Waals surface area contributed by atoms with E-state index in [0.717, 1.165) is 32.1 Å². The van der Waals surface area contributed by atoms with Crippen molar-refractivity contribution in [2.24, 2.45) is 11.3 Å². The highest BCUT2D eigenvalue weighted by Gasteiger charge is 2.62. The topological polar surface area (TPSA) is 35.5 Å². The van der Waals surface area contributed by atoms with Crippen molar-refractivity contribution in [3.05, 3.63) is 24.3 Å². The summed E-state index contributed by atoms with van der Waals surface area (Å²) in [6.07, 6.45) is 10.8. The van der Waals surface area contributed by atoms with E-state index in [0.29, 0.717) is 12.0 Å². The smallest absolute Gasteiger partial charge is 0.303 e. The molecule has 142 valence electrons. The van der Waals surface area contributed by atoms with Gasteiger partial charge in [0.15, 0.2) is 0 Å². The van der Waals surface area contributed by atoms with Crippen LogP contribution in [0.4, 0.5) is 0 Å². The van der Waals surface area contributed by atoms with Gasteiger partial charge in [-0.1, -0.05) is 25.2 Å². The van der Waals surface area contributed by atoms with Gasteiger partial charge in [0.25, 0.3) is 0 Å². The van der Waals surface area contributed by atoms with E-state index in [1.165, 1.54) is 18.9 Å². The zero-order chi connectivity index (χ0) is 18.9. The summed E-state index contributed by atoms with van der Waals surface area (Å²) in [5.41, 5.74) is 0.940. The van der Waals surface area contributed by atoms with Crippen LogP contribution in [0.25, 0.3) is 0 Å². The first kappa shape index (κ1) is 20.2. The Bertz CT molecular complexity index is 547. The van der Waals surface area contributed by atoms with Crippen LogP contribution in [0.2, 0.25) is 0 Å². The molecule has 0 radical (unpaired) electrons. The Labute approximate surface area is 153 Å². The van der Waals surface area contributed by atoms with Crippen molar-refractivity contribution in [3.8, 4) is 0 Å². The summed E-state index contributed by atoms with van der Waals surface area (Å²) < 4.78 is 12.0. The number of ether oxygens (including phenoxy) is 2. The largest absolute Gasteiger partial charge is 0.455 e. The number of rotatable bonds is 8. The van der Waals surface area contributed by atoms with Gasteiger partial charge in [0, 0.05) is 6.92 Å². The average molecular weight is 349 g/mol. The van der Waals surface area contributed by atoms with Crippen LogP contribution in [0.15, 0.2) is 24.3 Å². The summed E-state index contributed by atoms with van der Waals surface area (Å²) in [7, 11) is 0. The quantitative estimate of drug-likeness (QED) is 0.423. The van der Waals surface area contributed by atoms with Crippen molar-refractivity contribution in [3.63, 3.8) is 0 Å². The normalized spacial score (nSPS) is 35.9. The second-order valence-corrected chi connectivity index (χ2v) is 8.99. The standard InChI is InChI=1S/C22H36O3/c1-8-20(5,24-17(4)23)14-11-18-21(6,13-9-10-16(2)3)19-12-15-22(18,7)25-19/h8,10,18-19H,1,9,11-15H2,2-7H3. The molecular formula is C22H36O3. The fourth-order valence-electron chi connectivity index (χ4n) is 5.10. The molecule has 0 aromatic carbocycles. The highest BCUT2D eigenvalue weighted by atomic mass is 16.6. The van der Waals surface area contributed by atoms with E-state index in [1.807, 2.05) is 6.92 Å². The minimum absolute atomic E-state index is 0.0390. The van der Waals surface area contributed by atoms with E-state index in [4.69, 9.17) is 9.47 Å². The molecular weight excluding hydrogens is 312 g/mol. The Morgan fingerprint density at radius 3 is 2.60 bits per heavy atom. The molecule has 0 aromatic rings. The Morgan fingerprint density at radius 2 is 2.04 bits per heavy atom. The van der Waals surface area contributed by atoms with E-state index < -0.39 is 5.60 Å². The van der Waals surface area contributed by atoms with E-state index in [-0.39, 0.29) is 17.0 Å². The van der Waals surface area contributed by atoms with Crippen LogP contribution in [0.3, 0.4) is 0 Å². The molecule has 0 saturated carbocycles. The van der Waals surface area contributed by atoms with Crippen LogP contribution in [0.1, 0.15) is 80.1 Å². The SMILES string of the molecule is C=CC(C)(CCC1C2(C)CCC(O2)C1(C)CCC=C(C)C)OC(C)=O. The van der Waals surface area contributed by atoms with Crippen LogP contribution >= 0.6 is 0 Å². The number of allylic oxidation sites excluding steroid dienone is 2. The molecule has 0 N–H and O–H groups in total. The summed E-state index contributed by atoms with van der Waals surface area (Å²) >= 11 is 0. The summed E-state index contributed by atoms with van der Waals surface area (Å²) in [5.74, 6) is 0.239. The summed E-state index contributed by atoms with van der Waals surface area (Å²) in [5, 5.41) is 0. The molecule has 2 aliphatic heterocycles. The molecule has 3 nitrogen and oxygen atoms in total. The van der Waals surface area contributed by atoms with Crippen molar-refractivity contribution >= 4 is 5.97 Å². The van der Waals surface area contributed by atoms with Gasteiger partial charge in [-0.15, -0.1) is 0 Å². The third-order valence-electron chi connectivity index (χ3n) is 6.56. The lowest BCUT2D eigenvalue weighted by molar-refractivity contribution is -0.152. The minimum Gasteiger partial charge on any atom is -0.455 e. The fourth-order valence-corrected chi connectivity index (χ4v) is 5.10. The fraction of sp³-hybridized carbons (Fsp3) is 0.773. The van der Waals surface area contributed by atoms with Crippen molar-refractivity contribution in [1.29, 1.82) is 0 Å². The molecule has 2 rings (SSSR count). The zero-order valence-corrected chi connectivity index (χ0v) is 17.0. The first-order chi connectivity index (χ1) is 11.5. The van der Waals surface area contributed by atoms with Gasteiger partial charge in [-0.25, -0.2) is 0 Å². The van der Waals surface area contributed by atoms with Gasteiger partial charge in [0.2, 0.25) is 0 Å². The van der Waals surface area contributed by atoms with Crippen LogP contribution < -0.4 is 0 Å². The molecule has 5 unspecified atom stereocenters. The Balaban J connectivity index is 2.13. The van der Waals surface area contributed by atoms with Crippen molar-refractivity contribution < 1.29 is 14.3 Å². The van der Waals surface area contributed by atoms with Gasteiger partial charge in [0.05, 0.1) is 11.7 Å². The lowest BCUT2D eigenvalue weighted by atomic mass is 9.59. The Hall–Kier alpha value is -1.09. The molecule has 5 atom stereocenters. The number of carbonyl (C=O) groups excluding carboxylic acids is 1. The van der Waals surface area contributed by atoms with Gasteiger partial charge in [-0.3, -0.25) is 4.79 Å². The maximum atomic E-state index is 11.4. The molecule has 0 aromatic heterocycles.